The van der Waals surface area contributed by atoms with Crippen molar-refractivity contribution in [1.82, 2.24) is 9.78 Å². The summed E-state index contributed by atoms with van der Waals surface area (Å²) in [6, 6.07) is 34.6. The van der Waals surface area contributed by atoms with Gasteiger partial charge in [0.25, 0.3) is 0 Å². The fourth-order valence-electron chi connectivity index (χ4n) is 5.68. The van der Waals surface area contributed by atoms with Gasteiger partial charge in [-0.05, 0) is 58.5 Å². The van der Waals surface area contributed by atoms with E-state index in [2.05, 4.69) is 15.9 Å². The Bertz CT molecular complexity index is 1880. The molecule has 1 amide bonds. The Kier molecular flexibility index (Phi) is 8.01. The van der Waals surface area contributed by atoms with Gasteiger partial charge in [0.1, 0.15) is 17.2 Å². The highest BCUT2D eigenvalue weighted by molar-refractivity contribution is 9.10. The maximum absolute atomic E-state index is 14.0. The van der Waals surface area contributed by atoms with E-state index in [0.717, 1.165) is 22.8 Å². The van der Waals surface area contributed by atoms with Gasteiger partial charge in [-0.2, -0.15) is 18.3 Å². The molecule has 0 unspecified atom stereocenters. The zero-order chi connectivity index (χ0) is 31.8. The third-order valence-corrected chi connectivity index (χ3v) is 8.28. The zero-order valence-electron chi connectivity index (χ0n) is 23.3. The molecule has 6 aromatic rings. The van der Waals surface area contributed by atoms with Gasteiger partial charge >= 0.3 is 12.1 Å². The molecule has 0 atom stereocenters. The molecule has 10 heteroatoms. The van der Waals surface area contributed by atoms with Crippen LogP contribution >= 0.6 is 15.9 Å². The minimum Gasteiger partial charge on any atom is -0.301 e. The van der Waals surface area contributed by atoms with Crippen molar-refractivity contribution in [3.63, 3.8) is 0 Å². The molecular weight excluding hydrogens is 653 g/mol. The first kappa shape index (κ1) is 30.2. The maximum Gasteiger partial charge on any atom is 0.471 e. The highest BCUT2D eigenvalue weighted by Crippen LogP contribution is 2.44. The Morgan fingerprint density at radius 3 is 1.69 bits per heavy atom. The molecule has 6 rings (SSSR count). The molecule has 1 heterocycles. The second kappa shape index (κ2) is 11.9. The molecule has 5 aromatic carbocycles. The summed E-state index contributed by atoms with van der Waals surface area (Å²) in [5.74, 6) is -4.02. The van der Waals surface area contributed by atoms with Crippen LogP contribution in [0.2, 0.25) is 0 Å². The number of fused-ring (bicyclic) bond motifs is 1. The molecular formula is C35H23BrF5N3O. The van der Waals surface area contributed by atoms with Crippen molar-refractivity contribution < 1.29 is 26.7 Å². The Morgan fingerprint density at radius 1 is 0.733 bits per heavy atom. The highest BCUT2D eigenvalue weighted by atomic mass is 79.9. The lowest BCUT2D eigenvalue weighted by Gasteiger charge is -2.37. The van der Waals surface area contributed by atoms with Crippen LogP contribution in [-0.4, -0.2) is 21.9 Å². The molecule has 0 saturated carbocycles. The van der Waals surface area contributed by atoms with Gasteiger partial charge in [0, 0.05) is 15.9 Å². The van der Waals surface area contributed by atoms with E-state index < -0.39 is 29.3 Å². The maximum atomic E-state index is 14.0. The van der Waals surface area contributed by atoms with E-state index in [1.165, 1.54) is 12.1 Å². The monoisotopic (exact) mass is 675 g/mol. The Labute approximate surface area is 263 Å². The number of amides is 1. The molecule has 1 N–H and O–H groups in total. The number of hydrogen-bond donors (Lipinski definition) is 1. The molecule has 4 nitrogen and oxygen atoms in total. The lowest BCUT2D eigenvalue weighted by molar-refractivity contribution is -0.167. The van der Waals surface area contributed by atoms with E-state index in [4.69, 9.17) is 5.10 Å². The van der Waals surface area contributed by atoms with Crippen molar-refractivity contribution in [2.24, 2.45) is 0 Å². The third-order valence-electron chi connectivity index (χ3n) is 7.55. The van der Waals surface area contributed by atoms with E-state index in [-0.39, 0.29) is 17.6 Å². The van der Waals surface area contributed by atoms with Crippen LogP contribution < -0.4 is 5.32 Å². The lowest BCUT2D eigenvalue weighted by atomic mass is 9.77. The third kappa shape index (κ3) is 5.73. The number of anilines is 1. The van der Waals surface area contributed by atoms with E-state index in [9.17, 15) is 26.7 Å². The van der Waals surface area contributed by atoms with Gasteiger partial charge in [-0.25, -0.2) is 13.5 Å². The second-order valence-corrected chi connectivity index (χ2v) is 11.3. The number of nitrogens with zero attached hydrogens (tertiary/aromatic N) is 2. The second-order valence-electron chi connectivity index (χ2n) is 10.4. The summed E-state index contributed by atoms with van der Waals surface area (Å²) in [7, 11) is 0. The average Bonchev–Trinajstić information content (AvgIpc) is 3.35. The van der Waals surface area contributed by atoms with Crippen molar-refractivity contribution in [2.75, 3.05) is 5.32 Å². The minimum atomic E-state index is -5.18. The number of carbonyl (C=O) groups excluding carboxylic acids is 1. The van der Waals surface area contributed by atoms with Gasteiger partial charge in [0.05, 0.1) is 5.52 Å². The first-order chi connectivity index (χ1) is 21.6. The Balaban J connectivity index is 1.69. The number of hydrogen-bond acceptors (Lipinski definition) is 2. The summed E-state index contributed by atoms with van der Waals surface area (Å²) in [4.78, 5) is 12.3. The molecule has 0 aliphatic heterocycles. The number of rotatable bonds is 7. The average molecular weight is 676 g/mol. The quantitative estimate of drug-likeness (QED) is 0.136. The van der Waals surface area contributed by atoms with Crippen LogP contribution in [0.3, 0.4) is 0 Å². The van der Waals surface area contributed by atoms with Crippen LogP contribution in [0.1, 0.15) is 27.8 Å². The van der Waals surface area contributed by atoms with Crippen molar-refractivity contribution in [2.45, 2.75) is 18.1 Å². The van der Waals surface area contributed by atoms with E-state index >= 15 is 0 Å². The lowest BCUT2D eigenvalue weighted by Crippen LogP contribution is -2.38. The molecule has 0 aliphatic carbocycles. The normalized spacial score (nSPS) is 12.0. The van der Waals surface area contributed by atoms with Crippen LogP contribution in [0.15, 0.2) is 126 Å². The van der Waals surface area contributed by atoms with Gasteiger partial charge in [-0.3, -0.25) is 4.79 Å². The van der Waals surface area contributed by atoms with Crippen molar-refractivity contribution in [3.05, 3.63) is 165 Å². The Hall–Kier alpha value is -4.83. The van der Waals surface area contributed by atoms with Crippen LogP contribution in [-0.2, 0) is 16.8 Å². The largest absolute Gasteiger partial charge is 0.471 e. The summed E-state index contributed by atoms with van der Waals surface area (Å²) in [5, 5.41) is 6.88. The highest BCUT2D eigenvalue weighted by Gasteiger charge is 2.43. The van der Waals surface area contributed by atoms with E-state index in [1.54, 1.807) is 16.8 Å². The number of carbonyl (C=O) groups is 1. The van der Waals surface area contributed by atoms with Crippen molar-refractivity contribution in [1.29, 1.82) is 0 Å². The summed E-state index contributed by atoms with van der Waals surface area (Å²) in [5.41, 5.74) is 2.29. The van der Waals surface area contributed by atoms with Gasteiger partial charge in [0.15, 0.2) is 5.82 Å². The molecule has 0 spiro atoms. The molecule has 0 radical (unpaired) electrons. The van der Waals surface area contributed by atoms with Crippen LogP contribution in [0, 0.1) is 11.6 Å². The standard InChI is InChI=1S/C35H23BrF5N3O/c36-30-21-31-29(19-23(30)16-22-17-27(37)20-28(38)18-22)32(42-33(45)35(39,40)41)43-44(31)34(24-10-4-1-5-11-24,25-12-6-2-7-13-25)26-14-8-3-9-15-26/h1-15,17-21H,16H2,(H,42,43,45). The number of nitrogens with one attached hydrogen (secondary N) is 1. The molecule has 0 saturated heterocycles. The molecule has 0 aliphatic rings. The Morgan fingerprint density at radius 2 is 1.22 bits per heavy atom. The summed E-state index contributed by atoms with van der Waals surface area (Å²) >= 11 is 3.58. The van der Waals surface area contributed by atoms with Crippen molar-refractivity contribution >= 4 is 38.6 Å². The summed E-state index contributed by atoms with van der Waals surface area (Å²) in [6.07, 6.45) is -5.13. The first-order valence-electron chi connectivity index (χ1n) is 13.8. The van der Waals surface area contributed by atoms with Crippen molar-refractivity contribution in [3.8, 4) is 0 Å². The van der Waals surface area contributed by atoms with E-state index in [1.807, 2.05) is 96.3 Å². The van der Waals surface area contributed by atoms with Crippen LogP contribution in [0.25, 0.3) is 10.9 Å². The van der Waals surface area contributed by atoms with Crippen LogP contribution in [0.4, 0.5) is 27.8 Å². The fraction of sp³-hybridized carbons (Fsp3) is 0.0857. The zero-order valence-corrected chi connectivity index (χ0v) is 24.9. The topological polar surface area (TPSA) is 46.9 Å². The molecule has 0 bridgehead atoms. The molecule has 226 valence electrons. The predicted octanol–water partition coefficient (Wildman–Crippen LogP) is 9.01. The number of aromatic nitrogens is 2. The molecule has 1 aromatic heterocycles. The van der Waals surface area contributed by atoms with Gasteiger partial charge < -0.3 is 5.32 Å². The summed E-state index contributed by atoms with van der Waals surface area (Å²) in [6.45, 7) is 0. The van der Waals surface area contributed by atoms with Crippen LogP contribution in [0.5, 0.6) is 0 Å². The molecule has 45 heavy (non-hydrogen) atoms. The SMILES string of the molecule is O=C(Nc1nn(C(c2ccccc2)(c2ccccc2)c2ccccc2)c2cc(Br)c(Cc3cc(F)cc(F)c3)cc12)C(F)(F)F. The smallest absolute Gasteiger partial charge is 0.301 e. The fourth-order valence-corrected chi connectivity index (χ4v) is 6.15. The van der Waals surface area contributed by atoms with E-state index in [0.29, 0.717) is 21.1 Å². The van der Waals surface area contributed by atoms with Gasteiger partial charge in [0.2, 0.25) is 0 Å². The predicted molar refractivity (Wildman–Crippen MR) is 166 cm³/mol. The summed E-state index contributed by atoms with van der Waals surface area (Å²) < 4.78 is 70.8. The first-order valence-corrected chi connectivity index (χ1v) is 14.6. The minimum absolute atomic E-state index is 0.0459. The van der Waals surface area contributed by atoms with Gasteiger partial charge in [-0.1, -0.05) is 107 Å². The number of halogens is 6. The number of alkyl halides is 3. The molecule has 0 fully saturated rings. The van der Waals surface area contributed by atoms with Gasteiger partial charge in [-0.15, -0.1) is 0 Å². The number of benzene rings is 5.